The molecule has 1 aromatic carbocycles. The van der Waals surface area contributed by atoms with Gasteiger partial charge in [-0.3, -0.25) is 10.1 Å². The number of esters is 1. The van der Waals surface area contributed by atoms with Crippen LogP contribution in [0.25, 0.3) is 0 Å². The normalized spacial score (nSPS) is 11.9. The van der Waals surface area contributed by atoms with E-state index in [-0.39, 0.29) is 10.0 Å². The van der Waals surface area contributed by atoms with Crippen LogP contribution < -0.4 is 0 Å². The van der Waals surface area contributed by atoms with Crippen molar-refractivity contribution >= 4 is 27.6 Å². The number of phenolic OH excluding ortho intramolecular Hbond substituents is 1. The fourth-order valence-corrected chi connectivity index (χ4v) is 1.62. The summed E-state index contributed by atoms with van der Waals surface area (Å²) in [4.78, 5) is 20.9. The van der Waals surface area contributed by atoms with Gasteiger partial charge in [0.15, 0.2) is 6.10 Å². The molecule has 0 saturated carbocycles. The molecule has 8 heteroatoms. The highest BCUT2D eigenvalue weighted by Gasteiger charge is 2.24. The van der Waals surface area contributed by atoms with Gasteiger partial charge in [0.1, 0.15) is 0 Å². The SMILES string of the molecule is COC(=O)C(O)c1cc(Br)c(O)c([N+](=O)[O-])c1. The maximum atomic E-state index is 11.1. The van der Waals surface area contributed by atoms with Gasteiger partial charge in [0.2, 0.25) is 5.75 Å². The molecule has 0 aliphatic rings. The summed E-state index contributed by atoms with van der Waals surface area (Å²) in [5, 5.41) is 29.5. The summed E-state index contributed by atoms with van der Waals surface area (Å²) in [6.45, 7) is 0. The minimum absolute atomic E-state index is 0.00431. The molecule has 92 valence electrons. The summed E-state index contributed by atoms with van der Waals surface area (Å²) in [6.07, 6.45) is -1.64. The molecule has 0 spiro atoms. The third-order valence-electron chi connectivity index (χ3n) is 2.00. The third kappa shape index (κ3) is 2.71. The highest BCUT2D eigenvalue weighted by molar-refractivity contribution is 9.10. The van der Waals surface area contributed by atoms with Crippen molar-refractivity contribution < 1.29 is 24.7 Å². The number of nitrogens with zero attached hydrogens (tertiary/aromatic N) is 1. The summed E-state index contributed by atoms with van der Waals surface area (Å²) < 4.78 is 4.30. The molecule has 0 aliphatic heterocycles. The molecule has 1 unspecified atom stereocenters. The number of halogens is 1. The molecule has 2 N–H and O–H groups in total. The maximum absolute atomic E-state index is 11.1. The lowest BCUT2D eigenvalue weighted by atomic mass is 10.1. The number of aliphatic hydroxyl groups excluding tert-OH is 1. The van der Waals surface area contributed by atoms with Crippen molar-refractivity contribution in [3.05, 3.63) is 32.3 Å². The van der Waals surface area contributed by atoms with Crippen LogP contribution in [0.2, 0.25) is 0 Å². The zero-order valence-corrected chi connectivity index (χ0v) is 10.2. The van der Waals surface area contributed by atoms with Crippen LogP contribution in [-0.2, 0) is 9.53 Å². The molecule has 1 aromatic rings. The fourth-order valence-electron chi connectivity index (χ4n) is 1.15. The third-order valence-corrected chi connectivity index (χ3v) is 2.61. The van der Waals surface area contributed by atoms with E-state index < -0.39 is 28.4 Å². The van der Waals surface area contributed by atoms with Gasteiger partial charge in [-0.05, 0) is 27.6 Å². The number of aromatic hydroxyl groups is 1. The van der Waals surface area contributed by atoms with Crippen LogP contribution in [0, 0.1) is 10.1 Å². The Labute approximate surface area is 104 Å². The van der Waals surface area contributed by atoms with Crippen molar-refractivity contribution in [2.75, 3.05) is 7.11 Å². The van der Waals surface area contributed by atoms with E-state index in [0.717, 1.165) is 13.2 Å². The van der Waals surface area contributed by atoms with Crippen molar-refractivity contribution in [2.45, 2.75) is 6.10 Å². The molecule has 7 nitrogen and oxygen atoms in total. The van der Waals surface area contributed by atoms with Crippen LogP contribution in [-0.4, -0.2) is 28.2 Å². The van der Waals surface area contributed by atoms with Gasteiger partial charge in [-0.2, -0.15) is 0 Å². The summed E-state index contributed by atoms with van der Waals surface area (Å²) in [7, 11) is 1.08. The number of phenols is 1. The zero-order chi connectivity index (χ0) is 13.2. The number of nitro benzene ring substituents is 1. The Kier molecular flexibility index (Phi) is 4.02. The minimum atomic E-state index is -1.64. The first kappa shape index (κ1) is 13.4. The predicted octanol–water partition coefficient (Wildman–Crippen LogP) is 1.27. The number of aliphatic hydroxyl groups is 1. The Balaban J connectivity index is 3.28. The highest BCUT2D eigenvalue weighted by atomic mass is 79.9. The van der Waals surface area contributed by atoms with Crippen molar-refractivity contribution in [1.29, 1.82) is 0 Å². The molecule has 0 radical (unpaired) electrons. The number of nitro groups is 1. The highest BCUT2D eigenvalue weighted by Crippen LogP contribution is 2.36. The largest absolute Gasteiger partial charge is 0.501 e. The van der Waals surface area contributed by atoms with E-state index in [1.165, 1.54) is 6.07 Å². The topological polar surface area (TPSA) is 110 Å². The Bertz CT molecular complexity index is 475. The van der Waals surface area contributed by atoms with E-state index in [9.17, 15) is 25.1 Å². The maximum Gasteiger partial charge on any atom is 0.339 e. The van der Waals surface area contributed by atoms with Crippen molar-refractivity contribution in [3.63, 3.8) is 0 Å². The van der Waals surface area contributed by atoms with Gasteiger partial charge in [0.25, 0.3) is 0 Å². The van der Waals surface area contributed by atoms with Gasteiger partial charge in [0, 0.05) is 6.07 Å². The number of carbonyl (C=O) groups excluding carboxylic acids is 1. The van der Waals surface area contributed by atoms with E-state index in [2.05, 4.69) is 20.7 Å². The second-order valence-electron chi connectivity index (χ2n) is 3.05. The molecule has 17 heavy (non-hydrogen) atoms. The Morgan fingerprint density at radius 1 is 1.59 bits per heavy atom. The van der Waals surface area contributed by atoms with Crippen LogP contribution in [0.15, 0.2) is 16.6 Å². The van der Waals surface area contributed by atoms with Crippen LogP contribution >= 0.6 is 15.9 Å². The number of hydrogen-bond acceptors (Lipinski definition) is 6. The average molecular weight is 306 g/mol. The Morgan fingerprint density at radius 3 is 2.65 bits per heavy atom. The van der Waals surface area contributed by atoms with E-state index in [0.29, 0.717) is 0 Å². The second kappa shape index (κ2) is 5.11. The molecular formula is C9H8BrNO6. The molecule has 0 saturated heterocycles. The first-order chi connectivity index (χ1) is 7.88. The van der Waals surface area contributed by atoms with Crippen LogP contribution in [0.5, 0.6) is 5.75 Å². The van der Waals surface area contributed by atoms with E-state index >= 15 is 0 Å². The van der Waals surface area contributed by atoms with Gasteiger partial charge < -0.3 is 14.9 Å². The number of rotatable bonds is 3. The number of benzene rings is 1. The molecule has 0 aliphatic carbocycles. The Hall–Kier alpha value is -1.67. The number of hydrogen-bond donors (Lipinski definition) is 2. The molecule has 1 atom stereocenters. The summed E-state index contributed by atoms with van der Waals surface area (Å²) in [5.74, 6) is -1.52. The van der Waals surface area contributed by atoms with Crippen LogP contribution in [0.4, 0.5) is 5.69 Å². The van der Waals surface area contributed by atoms with Gasteiger partial charge in [-0.15, -0.1) is 0 Å². The fraction of sp³-hybridized carbons (Fsp3) is 0.222. The van der Waals surface area contributed by atoms with Crippen molar-refractivity contribution in [1.82, 2.24) is 0 Å². The lowest BCUT2D eigenvalue weighted by Gasteiger charge is -2.09. The van der Waals surface area contributed by atoms with Gasteiger partial charge >= 0.3 is 11.7 Å². The quantitative estimate of drug-likeness (QED) is 0.494. The Morgan fingerprint density at radius 2 is 2.18 bits per heavy atom. The standard InChI is InChI=1S/C9H8BrNO6/c1-17-9(14)7(12)4-2-5(10)8(13)6(3-4)11(15)16/h2-3,7,12-13H,1H3. The molecule has 0 aromatic heterocycles. The number of methoxy groups -OCH3 is 1. The molecule has 1 rings (SSSR count). The van der Waals surface area contributed by atoms with E-state index in [1.54, 1.807) is 0 Å². The molecular weight excluding hydrogens is 298 g/mol. The van der Waals surface area contributed by atoms with Crippen LogP contribution in [0.1, 0.15) is 11.7 Å². The van der Waals surface area contributed by atoms with E-state index in [1.807, 2.05) is 0 Å². The lowest BCUT2D eigenvalue weighted by molar-refractivity contribution is -0.386. The molecule has 0 fully saturated rings. The van der Waals surface area contributed by atoms with Crippen LogP contribution in [0.3, 0.4) is 0 Å². The van der Waals surface area contributed by atoms with E-state index in [4.69, 9.17) is 0 Å². The van der Waals surface area contributed by atoms with Gasteiger partial charge in [0.05, 0.1) is 16.5 Å². The average Bonchev–Trinajstić information content (AvgIpc) is 2.30. The minimum Gasteiger partial charge on any atom is -0.501 e. The van der Waals surface area contributed by atoms with Crippen molar-refractivity contribution in [3.8, 4) is 5.75 Å². The van der Waals surface area contributed by atoms with Crippen molar-refractivity contribution in [2.24, 2.45) is 0 Å². The van der Waals surface area contributed by atoms with Gasteiger partial charge in [-0.25, -0.2) is 4.79 Å². The second-order valence-corrected chi connectivity index (χ2v) is 3.91. The first-order valence-electron chi connectivity index (χ1n) is 4.31. The smallest absolute Gasteiger partial charge is 0.339 e. The summed E-state index contributed by atoms with van der Waals surface area (Å²) in [6, 6.07) is 2.10. The first-order valence-corrected chi connectivity index (χ1v) is 5.10. The molecule has 0 heterocycles. The number of carbonyl (C=O) groups is 1. The number of ether oxygens (including phenoxy) is 1. The predicted molar refractivity (Wildman–Crippen MR) is 59.4 cm³/mol. The molecule has 0 bridgehead atoms. The molecule has 0 amide bonds. The summed E-state index contributed by atoms with van der Waals surface area (Å²) >= 11 is 2.89. The zero-order valence-electron chi connectivity index (χ0n) is 8.58. The lowest BCUT2D eigenvalue weighted by Crippen LogP contribution is -2.13. The summed E-state index contributed by atoms with van der Waals surface area (Å²) in [5.41, 5.74) is -0.662. The monoisotopic (exact) mass is 305 g/mol. The van der Waals surface area contributed by atoms with Gasteiger partial charge in [-0.1, -0.05) is 0 Å².